The molecule has 0 aromatic rings. The summed E-state index contributed by atoms with van der Waals surface area (Å²) < 4.78 is 0. The second-order valence-electron chi connectivity index (χ2n) is 9.73. The number of nitrogens with one attached hydrogen (secondary N) is 3. The van der Waals surface area contributed by atoms with Gasteiger partial charge >= 0.3 is 12.0 Å². The van der Waals surface area contributed by atoms with Crippen LogP contribution in [0.15, 0.2) is 9.98 Å². The van der Waals surface area contributed by atoms with Gasteiger partial charge in [0.25, 0.3) is 5.91 Å². The van der Waals surface area contributed by atoms with E-state index in [0.717, 1.165) is 6.92 Å². The van der Waals surface area contributed by atoms with Crippen molar-refractivity contribution in [1.82, 2.24) is 26.0 Å². The van der Waals surface area contributed by atoms with Crippen LogP contribution in [0, 0.1) is 5.92 Å². The lowest BCUT2D eigenvalue weighted by molar-refractivity contribution is -0.165. The van der Waals surface area contributed by atoms with Crippen molar-refractivity contribution in [3.63, 3.8) is 0 Å². The Balaban J connectivity index is 3.23. The van der Waals surface area contributed by atoms with Crippen molar-refractivity contribution in [1.29, 1.82) is 0 Å². The van der Waals surface area contributed by atoms with Crippen molar-refractivity contribution >= 4 is 47.5 Å². The molecule has 3 atom stereocenters. The summed E-state index contributed by atoms with van der Waals surface area (Å²) in [5.41, 5.74) is 21.2. The molecule has 0 aromatic heterocycles. The molecular formula is C23H41N11O7. The van der Waals surface area contributed by atoms with Crippen LogP contribution in [0.3, 0.4) is 0 Å². The van der Waals surface area contributed by atoms with E-state index in [-0.39, 0.29) is 50.2 Å². The average molecular weight is 584 g/mol. The topological polar surface area (TPSA) is 294 Å². The zero-order valence-corrected chi connectivity index (χ0v) is 23.5. The Labute approximate surface area is 237 Å². The number of carboxylic acid groups (broad SMARTS) is 1. The summed E-state index contributed by atoms with van der Waals surface area (Å²) in [4.78, 5) is 84.2. The molecule has 0 aromatic carbocycles. The molecular weight excluding hydrogens is 542 g/mol. The SMILES string of the molecule is CC(=O)N(C(CC(=O)O)C(=O)N[C@@H](CCCN=C(N)N)C(=O)NCC(C)C)N1C(=O)N[C@@H](CCCN=C(N)N)C1=O. The zero-order chi connectivity index (χ0) is 31.3. The van der Waals surface area contributed by atoms with Gasteiger partial charge in [0.2, 0.25) is 17.7 Å². The summed E-state index contributed by atoms with van der Waals surface area (Å²) in [6, 6.07) is -5.11. The quantitative estimate of drug-likeness (QED) is 0.0366. The molecule has 1 aliphatic rings. The summed E-state index contributed by atoms with van der Waals surface area (Å²) in [5, 5.41) is 18.0. The number of aliphatic carboxylic acids is 1. The van der Waals surface area contributed by atoms with Gasteiger partial charge in [0.05, 0.1) is 6.42 Å². The molecule has 1 saturated heterocycles. The number of imide groups is 1. The minimum atomic E-state index is -1.85. The van der Waals surface area contributed by atoms with Crippen molar-refractivity contribution in [2.75, 3.05) is 19.6 Å². The first-order chi connectivity index (χ1) is 19.1. The number of rotatable bonds is 17. The predicted molar refractivity (Wildman–Crippen MR) is 147 cm³/mol. The molecule has 18 nitrogen and oxygen atoms in total. The van der Waals surface area contributed by atoms with Crippen LogP contribution in [-0.2, 0) is 24.0 Å². The van der Waals surface area contributed by atoms with E-state index in [1.807, 2.05) is 13.8 Å². The van der Waals surface area contributed by atoms with Gasteiger partial charge in [-0.15, -0.1) is 0 Å². The number of hydrogen-bond donors (Lipinski definition) is 8. The largest absolute Gasteiger partial charge is 0.481 e. The Kier molecular flexibility index (Phi) is 13.8. The number of guanidine groups is 2. The molecule has 0 aliphatic carbocycles. The van der Waals surface area contributed by atoms with Crippen molar-refractivity contribution in [3.05, 3.63) is 0 Å². The second-order valence-corrected chi connectivity index (χ2v) is 9.73. The van der Waals surface area contributed by atoms with E-state index < -0.39 is 60.2 Å². The molecule has 1 unspecified atom stereocenters. The first-order valence-corrected chi connectivity index (χ1v) is 13.0. The lowest BCUT2D eigenvalue weighted by Crippen LogP contribution is -2.61. The smallest absolute Gasteiger partial charge is 0.344 e. The first-order valence-electron chi connectivity index (χ1n) is 13.0. The number of urea groups is 1. The van der Waals surface area contributed by atoms with Crippen molar-refractivity contribution < 1.29 is 33.9 Å². The Bertz CT molecular complexity index is 1040. The molecule has 0 radical (unpaired) electrons. The van der Waals surface area contributed by atoms with Crippen LogP contribution in [-0.4, -0.2) is 100 Å². The fraction of sp³-hybridized carbons (Fsp3) is 0.652. The van der Waals surface area contributed by atoms with Crippen LogP contribution in [0.25, 0.3) is 0 Å². The third kappa shape index (κ3) is 11.6. The molecule has 1 aliphatic heterocycles. The first kappa shape index (κ1) is 34.4. The Hall–Kier alpha value is -4.64. The highest BCUT2D eigenvalue weighted by Gasteiger charge is 2.47. The Morgan fingerprint density at radius 2 is 1.61 bits per heavy atom. The van der Waals surface area contributed by atoms with E-state index in [0.29, 0.717) is 23.0 Å². The molecule has 1 fully saturated rings. The van der Waals surface area contributed by atoms with E-state index in [4.69, 9.17) is 22.9 Å². The third-order valence-electron chi connectivity index (χ3n) is 5.71. The maximum absolute atomic E-state index is 13.4. The Morgan fingerprint density at radius 3 is 2.12 bits per heavy atom. The zero-order valence-electron chi connectivity index (χ0n) is 23.5. The van der Waals surface area contributed by atoms with Crippen molar-refractivity contribution in [3.8, 4) is 0 Å². The summed E-state index contributed by atoms with van der Waals surface area (Å²) in [6.07, 6.45) is -0.229. The number of nitrogens with two attached hydrogens (primary N) is 4. The van der Waals surface area contributed by atoms with E-state index in [1.54, 1.807) is 0 Å². The van der Waals surface area contributed by atoms with Crippen molar-refractivity contribution in [2.24, 2.45) is 38.8 Å². The summed E-state index contributed by atoms with van der Waals surface area (Å²) in [7, 11) is 0. The number of nitrogens with zero attached hydrogens (tertiary/aromatic N) is 4. The highest BCUT2D eigenvalue weighted by molar-refractivity contribution is 6.06. The highest BCUT2D eigenvalue weighted by Crippen LogP contribution is 2.19. The Morgan fingerprint density at radius 1 is 1.02 bits per heavy atom. The van der Waals surface area contributed by atoms with Gasteiger partial charge in [0.1, 0.15) is 18.1 Å². The molecule has 1 rings (SSSR count). The number of carbonyl (C=O) groups excluding carboxylic acids is 5. The normalized spacial score (nSPS) is 15.9. The maximum atomic E-state index is 13.4. The van der Waals surface area contributed by atoms with Crippen LogP contribution in [0.2, 0.25) is 0 Å². The number of aliphatic imine (C=N–C) groups is 2. The number of carbonyl (C=O) groups is 6. The summed E-state index contributed by atoms with van der Waals surface area (Å²) in [6.45, 7) is 5.32. The fourth-order valence-corrected chi connectivity index (χ4v) is 3.85. The summed E-state index contributed by atoms with van der Waals surface area (Å²) in [5.74, 6) is -5.15. The van der Waals surface area contributed by atoms with Gasteiger partial charge in [-0.1, -0.05) is 13.8 Å². The standard InChI is InChI=1S/C23H41N11O7/c1-12(2)11-30-18(38)14(6-4-8-28-21(24)25)31-19(39)16(10-17(36)37)33(13(3)35)34-20(40)15(32-23(34)41)7-5-9-29-22(26)27/h12,14-16H,4-11H2,1-3H3,(H,30,38)(H,31,39)(H,32,41)(H,36,37)(H4,24,25,28)(H4,26,27,29)/t14-,15-,16?/m0/s1. The molecule has 18 heteroatoms. The monoisotopic (exact) mass is 583 g/mol. The van der Waals surface area contributed by atoms with E-state index in [9.17, 15) is 33.9 Å². The van der Waals surface area contributed by atoms with Gasteiger partial charge in [-0.05, 0) is 31.6 Å². The van der Waals surface area contributed by atoms with Gasteiger partial charge in [0, 0.05) is 26.6 Å². The second kappa shape index (κ2) is 16.5. The number of amides is 6. The van der Waals surface area contributed by atoms with Gasteiger partial charge in [-0.3, -0.25) is 34.0 Å². The average Bonchev–Trinajstić information content (AvgIpc) is 3.13. The molecule has 0 saturated carbocycles. The molecule has 1 heterocycles. The van der Waals surface area contributed by atoms with E-state index >= 15 is 0 Å². The minimum absolute atomic E-state index is 0.0628. The number of carboxylic acids is 1. The van der Waals surface area contributed by atoms with Crippen LogP contribution in [0.5, 0.6) is 0 Å². The summed E-state index contributed by atoms with van der Waals surface area (Å²) >= 11 is 0. The van der Waals surface area contributed by atoms with Crippen LogP contribution in [0.1, 0.15) is 52.9 Å². The fourth-order valence-electron chi connectivity index (χ4n) is 3.85. The lowest BCUT2D eigenvalue weighted by atomic mass is 10.1. The van der Waals surface area contributed by atoms with Gasteiger partial charge in [-0.25, -0.2) is 9.80 Å². The highest BCUT2D eigenvalue weighted by atomic mass is 16.4. The molecule has 0 bridgehead atoms. The molecule has 41 heavy (non-hydrogen) atoms. The van der Waals surface area contributed by atoms with Crippen molar-refractivity contribution in [2.45, 2.75) is 71.0 Å². The number of hydrazine groups is 1. The van der Waals surface area contributed by atoms with Crippen LogP contribution >= 0.6 is 0 Å². The van der Waals surface area contributed by atoms with E-state index in [1.165, 1.54) is 0 Å². The molecule has 6 amide bonds. The van der Waals surface area contributed by atoms with E-state index in [2.05, 4.69) is 25.9 Å². The van der Waals surface area contributed by atoms with Crippen LogP contribution < -0.4 is 38.9 Å². The number of hydrogen-bond acceptors (Lipinski definition) is 8. The lowest BCUT2D eigenvalue weighted by Gasteiger charge is -2.34. The third-order valence-corrected chi connectivity index (χ3v) is 5.71. The minimum Gasteiger partial charge on any atom is -0.481 e. The molecule has 0 spiro atoms. The van der Waals surface area contributed by atoms with Gasteiger partial charge in [0.15, 0.2) is 11.9 Å². The predicted octanol–water partition coefficient (Wildman–Crippen LogP) is -3.12. The van der Waals surface area contributed by atoms with Gasteiger partial charge in [-0.2, -0.15) is 5.01 Å². The molecule has 12 N–H and O–H groups in total. The molecule has 230 valence electrons. The maximum Gasteiger partial charge on any atom is 0.344 e. The van der Waals surface area contributed by atoms with Gasteiger partial charge < -0.3 is 44.0 Å². The van der Waals surface area contributed by atoms with Crippen LogP contribution in [0.4, 0.5) is 4.79 Å².